The summed E-state index contributed by atoms with van der Waals surface area (Å²) in [5.41, 5.74) is 1.89. The minimum atomic E-state index is -0.0267. The van der Waals surface area contributed by atoms with Gasteiger partial charge in [-0.3, -0.25) is 9.48 Å². The van der Waals surface area contributed by atoms with E-state index in [1.54, 1.807) is 20.3 Å². The second kappa shape index (κ2) is 7.23. The Morgan fingerprint density at radius 2 is 2.20 bits per heavy atom. The van der Waals surface area contributed by atoms with Crippen molar-refractivity contribution in [2.75, 3.05) is 26.0 Å². The summed E-state index contributed by atoms with van der Waals surface area (Å²) in [6, 6.07) is 0.349. The van der Waals surface area contributed by atoms with Gasteiger partial charge in [-0.2, -0.15) is 5.10 Å². The summed E-state index contributed by atoms with van der Waals surface area (Å²) in [4.78, 5) is 13.0. The van der Waals surface area contributed by atoms with Gasteiger partial charge >= 0.3 is 0 Å². The first-order chi connectivity index (χ1) is 9.36. The molecule has 1 heterocycles. The van der Waals surface area contributed by atoms with E-state index in [2.05, 4.69) is 29.6 Å². The van der Waals surface area contributed by atoms with Crippen molar-refractivity contribution in [3.8, 4) is 0 Å². The number of hydrogen-bond acceptors (Lipinski definition) is 3. The van der Waals surface area contributed by atoms with Crippen LogP contribution in [0.3, 0.4) is 0 Å². The second-order valence-corrected chi connectivity index (χ2v) is 5.35. The van der Waals surface area contributed by atoms with Crippen molar-refractivity contribution in [1.29, 1.82) is 0 Å². The molecule has 1 aromatic heterocycles. The molecule has 0 aliphatic carbocycles. The van der Waals surface area contributed by atoms with E-state index < -0.39 is 0 Å². The fourth-order valence-corrected chi connectivity index (χ4v) is 1.83. The molecule has 0 saturated heterocycles. The van der Waals surface area contributed by atoms with Gasteiger partial charge < -0.3 is 15.5 Å². The van der Waals surface area contributed by atoms with Gasteiger partial charge in [-0.1, -0.05) is 6.92 Å². The van der Waals surface area contributed by atoms with Crippen LogP contribution in [0.5, 0.6) is 0 Å². The standard InChI is InChI=1S/C13H23N5OS/c1-6-9(2)18-10(3)11(7-15-18)16-13(20)14-8-12(19)17(4)5/h7,9H,6,8H2,1-5H3,(H2,14,16,20). The third-order valence-electron chi connectivity index (χ3n) is 3.20. The van der Waals surface area contributed by atoms with Crippen LogP contribution >= 0.6 is 12.2 Å². The lowest BCUT2D eigenvalue weighted by molar-refractivity contribution is -0.127. The number of anilines is 1. The van der Waals surface area contributed by atoms with E-state index in [0.29, 0.717) is 11.2 Å². The minimum Gasteiger partial charge on any atom is -0.353 e. The van der Waals surface area contributed by atoms with E-state index in [1.165, 1.54) is 4.90 Å². The molecule has 0 spiro atoms. The molecule has 2 N–H and O–H groups in total. The van der Waals surface area contributed by atoms with Crippen LogP contribution in [0.15, 0.2) is 6.20 Å². The summed E-state index contributed by atoms with van der Waals surface area (Å²) in [6.07, 6.45) is 2.77. The third kappa shape index (κ3) is 4.19. The fraction of sp³-hybridized carbons (Fsp3) is 0.615. The van der Waals surface area contributed by atoms with Crippen LogP contribution in [0.2, 0.25) is 0 Å². The van der Waals surface area contributed by atoms with Crippen LogP contribution in [0.4, 0.5) is 5.69 Å². The van der Waals surface area contributed by atoms with Crippen molar-refractivity contribution >= 4 is 28.9 Å². The van der Waals surface area contributed by atoms with E-state index in [9.17, 15) is 4.79 Å². The van der Waals surface area contributed by atoms with Gasteiger partial charge in [-0.25, -0.2) is 0 Å². The van der Waals surface area contributed by atoms with Gasteiger partial charge in [-0.05, 0) is 32.5 Å². The number of likely N-dealkylation sites (N-methyl/N-ethyl adjacent to an activating group) is 1. The topological polar surface area (TPSA) is 62.2 Å². The number of rotatable bonds is 5. The molecule has 1 unspecified atom stereocenters. The molecule has 1 amide bonds. The molecular formula is C13H23N5OS. The van der Waals surface area contributed by atoms with Crippen LogP contribution < -0.4 is 10.6 Å². The van der Waals surface area contributed by atoms with Gasteiger partial charge in [0.25, 0.3) is 0 Å². The van der Waals surface area contributed by atoms with Crippen LogP contribution in [-0.4, -0.2) is 46.3 Å². The molecule has 0 radical (unpaired) electrons. The summed E-state index contributed by atoms with van der Waals surface area (Å²) < 4.78 is 1.97. The highest BCUT2D eigenvalue weighted by Gasteiger charge is 2.12. The predicted molar refractivity (Wildman–Crippen MR) is 84.9 cm³/mol. The van der Waals surface area contributed by atoms with E-state index in [1.807, 2.05) is 11.6 Å². The van der Waals surface area contributed by atoms with Crippen LogP contribution in [-0.2, 0) is 4.79 Å². The molecule has 112 valence electrons. The minimum absolute atomic E-state index is 0.0267. The van der Waals surface area contributed by atoms with Gasteiger partial charge in [-0.15, -0.1) is 0 Å². The molecule has 6 nitrogen and oxygen atoms in total. The van der Waals surface area contributed by atoms with Gasteiger partial charge in [0.05, 0.1) is 24.1 Å². The average molecular weight is 297 g/mol. The van der Waals surface area contributed by atoms with Gasteiger partial charge in [0.1, 0.15) is 0 Å². The summed E-state index contributed by atoms with van der Waals surface area (Å²) in [6.45, 7) is 6.42. The molecule has 20 heavy (non-hydrogen) atoms. The highest BCUT2D eigenvalue weighted by Crippen LogP contribution is 2.19. The lowest BCUT2D eigenvalue weighted by atomic mass is 10.2. The van der Waals surface area contributed by atoms with Crippen LogP contribution in [0.25, 0.3) is 0 Å². The van der Waals surface area contributed by atoms with Gasteiger partial charge in [0.2, 0.25) is 5.91 Å². The molecule has 1 aromatic rings. The van der Waals surface area contributed by atoms with Crippen LogP contribution in [0, 0.1) is 6.92 Å². The zero-order chi connectivity index (χ0) is 15.3. The maximum Gasteiger partial charge on any atom is 0.241 e. The van der Waals surface area contributed by atoms with Crippen molar-refractivity contribution in [2.24, 2.45) is 0 Å². The third-order valence-corrected chi connectivity index (χ3v) is 3.45. The molecule has 0 aliphatic rings. The van der Waals surface area contributed by atoms with Crippen molar-refractivity contribution in [3.63, 3.8) is 0 Å². The average Bonchev–Trinajstić information content (AvgIpc) is 2.76. The first-order valence-electron chi connectivity index (χ1n) is 6.65. The highest BCUT2D eigenvalue weighted by molar-refractivity contribution is 7.80. The van der Waals surface area contributed by atoms with Crippen molar-refractivity contribution in [1.82, 2.24) is 20.0 Å². The van der Waals surface area contributed by atoms with Gasteiger partial charge in [0, 0.05) is 20.1 Å². The Morgan fingerprint density at radius 1 is 1.55 bits per heavy atom. The number of carbonyl (C=O) groups is 1. The fourth-order valence-electron chi connectivity index (χ4n) is 1.64. The maximum atomic E-state index is 11.5. The molecule has 1 atom stereocenters. The molecule has 0 aliphatic heterocycles. The predicted octanol–water partition coefficient (Wildman–Crippen LogP) is 1.54. The first kappa shape index (κ1) is 16.4. The van der Waals surface area contributed by atoms with E-state index in [4.69, 9.17) is 12.2 Å². The lowest BCUT2D eigenvalue weighted by Gasteiger charge is -2.14. The normalized spacial score (nSPS) is 11.8. The zero-order valence-electron chi connectivity index (χ0n) is 12.7. The first-order valence-corrected chi connectivity index (χ1v) is 7.06. The summed E-state index contributed by atoms with van der Waals surface area (Å²) in [7, 11) is 3.42. The lowest BCUT2D eigenvalue weighted by Crippen LogP contribution is -2.38. The quantitative estimate of drug-likeness (QED) is 0.807. The Hall–Kier alpha value is -1.63. The Kier molecular flexibility index (Phi) is 5.94. The monoisotopic (exact) mass is 297 g/mol. The van der Waals surface area contributed by atoms with E-state index >= 15 is 0 Å². The SMILES string of the molecule is CCC(C)n1ncc(NC(=S)NCC(=O)N(C)C)c1C. The number of nitrogens with zero attached hydrogens (tertiary/aromatic N) is 3. The smallest absolute Gasteiger partial charge is 0.241 e. The largest absolute Gasteiger partial charge is 0.353 e. The van der Waals surface area contributed by atoms with Crippen molar-refractivity contribution in [3.05, 3.63) is 11.9 Å². The molecule has 0 saturated carbocycles. The number of hydrogen-bond donors (Lipinski definition) is 2. The van der Waals surface area contributed by atoms with E-state index in [0.717, 1.165) is 17.8 Å². The number of nitrogens with one attached hydrogen (secondary N) is 2. The molecule has 0 aromatic carbocycles. The Balaban J connectivity index is 2.59. The molecular weight excluding hydrogens is 274 g/mol. The van der Waals surface area contributed by atoms with Crippen molar-refractivity contribution < 1.29 is 4.79 Å². The van der Waals surface area contributed by atoms with Crippen molar-refractivity contribution in [2.45, 2.75) is 33.2 Å². The second-order valence-electron chi connectivity index (χ2n) is 4.94. The van der Waals surface area contributed by atoms with Gasteiger partial charge in [0.15, 0.2) is 5.11 Å². The number of aromatic nitrogens is 2. The maximum absolute atomic E-state index is 11.5. The highest BCUT2D eigenvalue weighted by atomic mass is 32.1. The summed E-state index contributed by atoms with van der Waals surface area (Å²) in [5, 5.41) is 10.7. The summed E-state index contributed by atoms with van der Waals surface area (Å²) in [5.74, 6) is -0.0267. The number of amides is 1. The Bertz CT molecular complexity index is 483. The number of carbonyl (C=O) groups excluding carboxylic acids is 1. The summed E-state index contributed by atoms with van der Waals surface area (Å²) >= 11 is 5.17. The zero-order valence-corrected chi connectivity index (χ0v) is 13.5. The Morgan fingerprint density at radius 3 is 2.75 bits per heavy atom. The Labute approximate surface area is 125 Å². The molecule has 7 heteroatoms. The van der Waals surface area contributed by atoms with Crippen LogP contribution in [0.1, 0.15) is 32.0 Å². The van der Waals surface area contributed by atoms with E-state index in [-0.39, 0.29) is 12.5 Å². The number of thiocarbonyl (C=S) groups is 1. The molecule has 0 fully saturated rings. The molecule has 1 rings (SSSR count). The molecule has 0 bridgehead atoms.